The summed E-state index contributed by atoms with van der Waals surface area (Å²) in [5.41, 5.74) is 1.77. The number of anilines is 1. The van der Waals surface area contributed by atoms with Crippen LogP contribution in [0.4, 0.5) is 10.1 Å². The number of piperazine rings is 1. The highest BCUT2D eigenvalue weighted by atomic mass is 19.1. The first-order valence-corrected chi connectivity index (χ1v) is 15.0. The van der Waals surface area contributed by atoms with Gasteiger partial charge in [-0.2, -0.15) is 0 Å². The molecule has 2 bridgehead atoms. The van der Waals surface area contributed by atoms with Gasteiger partial charge in [-0.05, 0) is 80.0 Å². The molecule has 2 aromatic carbocycles. The SMILES string of the molecule is C[C@H]1[C@@H](Oc2ccc(CN3CCN(c4ccc(F)cc4)CC3)cc2)O[C@@H]2O[C@@]3(C)CC[C@H]4[C@H](C)CC[C@@H]1[C@@]24OO3. The average molecular weight is 553 g/mol. The van der Waals surface area contributed by atoms with Crippen LogP contribution in [-0.4, -0.2) is 55.0 Å². The number of rotatable bonds is 5. The van der Waals surface area contributed by atoms with Crippen LogP contribution >= 0.6 is 0 Å². The highest BCUT2D eigenvalue weighted by Gasteiger charge is 2.69. The Morgan fingerprint density at radius 3 is 2.40 bits per heavy atom. The third-order valence-electron chi connectivity index (χ3n) is 10.2. The van der Waals surface area contributed by atoms with Crippen LogP contribution < -0.4 is 9.64 Å². The van der Waals surface area contributed by atoms with Crippen molar-refractivity contribution in [1.82, 2.24) is 4.90 Å². The number of fused-ring (bicyclic) bond motifs is 2. The number of hydrogen-bond donors (Lipinski definition) is 0. The zero-order valence-electron chi connectivity index (χ0n) is 23.8. The standard InChI is InChI=1S/C32H41FN2O5/c1-21-4-13-28-22(2)29(37-30-32(28)27(21)14-15-31(3,38-30)39-40-32)36-26-11-5-23(6-12-26)20-34-16-18-35(19-17-34)25-9-7-24(33)8-10-25/h5-12,21-22,27-30H,4,13-20H2,1-3H3/t21-,22-,27+,28+,29+,30-,31-,32-/m1/s1. The van der Waals surface area contributed by atoms with Gasteiger partial charge in [0.2, 0.25) is 12.1 Å². The zero-order chi connectivity index (χ0) is 27.5. The van der Waals surface area contributed by atoms with Crippen LogP contribution in [0.3, 0.4) is 0 Å². The first-order valence-electron chi connectivity index (χ1n) is 15.0. The van der Waals surface area contributed by atoms with Crippen molar-refractivity contribution < 1.29 is 28.4 Å². The Labute approximate surface area is 236 Å². The molecule has 5 aliphatic heterocycles. The second kappa shape index (κ2) is 10.2. The maximum absolute atomic E-state index is 13.3. The Morgan fingerprint density at radius 1 is 0.900 bits per heavy atom. The number of nitrogens with zero attached hydrogens (tertiary/aromatic N) is 2. The minimum absolute atomic E-state index is 0.137. The van der Waals surface area contributed by atoms with Gasteiger partial charge in [0, 0.05) is 56.7 Å². The van der Waals surface area contributed by atoms with E-state index in [1.807, 2.05) is 19.1 Å². The van der Waals surface area contributed by atoms with Crippen molar-refractivity contribution >= 4 is 5.69 Å². The van der Waals surface area contributed by atoms with Gasteiger partial charge in [-0.1, -0.05) is 26.0 Å². The van der Waals surface area contributed by atoms with Gasteiger partial charge in [-0.15, -0.1) is 0 Å². The van der Waals surface area contributed by atoms with E-state index >= 15 is 0 Å². The molecular formula is C32H41FN2O5. The summed E-state index contributed by atoms with van der Waals surface area (Å²) in [6.45, 7) is 11.2. The minimum atomic E-state index is -0.783. The smallest absolute Gasteiger partial charge is 0.205 e. The molecule has 8 rings (SSSR count). The summed E-state index contributed by atoms with van der Waals surface area (Å²) >= 11 is 0. The van der Waals surface area contributed by atoms with Crippen LogP contribution in [-0.2, 0) is 25.8 Å². The normalized spacial score (nSPS) is 39.5. The van der Waals surface area contributed by atoms with Crippen LogP contribution in [0.15, 0.2) is 48.5 Å². The molecule has 0 amide bonds. The molecule has 5 saturated heterocycles. The van der Waals surface area contributed by atoms with E-state index in [4.69, 9.17) is 24.0 Å². The Hall–Kier alpha value is -2.23. The van der Waals surface area contributed by atoms with Crippen molar-refractivity contribution in [2.75, 3.05) is 31.1 Å². The molecule has 6 aliphatic rings. The van der Waals surface area contributed by atoms with Gasteiger partial charge in [0.1, 0.15) is 11.6 Å². The van der Waals surface area contributed by atoms with Crippen molar-refractivity contribution in [1.29, 1.82) is 0 Å². The molecule has 5 heterocycles. The zero-order valence-corrected chi connectivity index (χ0v) is 23.8. The van der Waals surface area contributed by atoms with Crippen LogP contribution in [0.1, 0.15) is 52.0 Å². The molecule has 216 valence electrons. The third-order valence-corrected chi connectivity index (χ3v) is 10.2. The van der Waals surface area contributed by atoms with Crippen molar-refractivity contribution in [3.8, 4) is 5.75 Å². The molecule has 0 N–H and O–H groups in total. The lowest BCUT2D eigenvalue weighted by atomic mass is 9.58. The molecule has 7 nitrogen and oxygen atoms in total. The number of halogens is 1. The summed E-state index contributed by atoms with van der Waals surface area (Å²) in [4.78, 5) is 17.0. The summed E-state index contributed by atoms with van der Waals surface area (Å²) in [5.74, 6) is 1.10. The fourth-order valence-corrected chi connectivity index (χ4v) is 7.89. The second-order valence-electron chi connectivity index (χ2n) is 12.8. The van der Waals surface area contributed by atoms with Gasteiger partial charge in [0.05, 0.1) is 0 Å². The molecule has 6 fully saturated rings. The lowest BCUT2D eigenvalue weighted by Gasteiger charge is -2.60. The molecule has 0 aromatic heterocycles. The molecule has 1 aliphatic carbocycles. The predicted molar refractivity (Wildman–Crippen MR) is 148 cm³/mol. The van der Waals surface area contributed by atoms with E-state index in [1.165, 1.54) is 24.1 Å². The molecule has 40 heavy (non-hydrogen) atoms. The lowest BCUT2D eigenvalue weighted by molar-refractivity contribution is -0.575. The summed E-state index contributed by atoms with van der Waals surface area (Å²) < 4.78 is 32.8. The topological polar surface area (TPSA) is 52.6 Å². The van der Waals surface area contributed by atoms with Crippen LogP contribution in [0, 0.1) is 29.5 Å². The first kappa shape index (κ1) is 26.7. The lowest BCUT2D eigenvalue weighted by Crippen LogP contribution is -2.70. The fourth-order valence-electron chi connectivity index (χ4n) is 7.89. The molecule has 0 unspecified atom stereocenters. The number of hydrogen-bond acceptors (Lipinski definition) is 7. The van der Waals surface area contributed by atoms with E-state index < -0.39 is 24.0 Å². The minimum Gasteiger partial charge on any atom is -0.465 e. The van der Waals surface area contributed by atoms with E-state index in [1.54, 1.807) is 0 Å². The highest BCUT2D eigenvalue weighted by molar-refractivity contribution is 5.46. The van der Waals surface area contributed by atoms with E-state index in [9.17, 15) is 4.39 Å². The summed E-state index contributed by atoms with van der Waals surface area (Å²) in [7, 11) is 0. The van der Waals surface area contributed by atoms with Crippen molar-refractivity contribution in [2.45, 2.75) is 77.0 Å². The molecule has 1 saturated carbocycles. The maximum atomic E-state index is 13.3. The summed E-state index contributed by atoms with van der Waals surface area (Å²) in [6, 6.07) is 15.2. The van der Waals surface area contributed by atoms with Gasteiger partial charge >= 0.3 is 0 Å². The van der Waals surface area contributed by atoms with Crippen molar-refractivity contribution in [2.24, 2.45) is 23.7 Å². The molecule has 2 aromatic rings. The Bertz CT molecular complexity index is 1190. The van der Waals surface area contributed by atoms with Crippen LogP contribution in [0.25, 0.3) is 0 Å². The van der Waals surface area contributed by atoms with Gasteiger partial charge in [0.25, 0.3) is 0 Å². The molecule has 0 radical (unpaired) electrons. The van der Waals surface area contributed by atoms with Crippen LogP contribution in [0.5, 0.6) is 5.75 Å². The van der Waals surface area contributed by atoms with Gasteiger partial charge in [-0.25, -0.2) is 14.2 Å². The van der Waals surface area contributed by atoms with Gasteiger partial charge in [0.15, 0.2) is 11.9 Å². The van der Waals surface area contributed by atoms with Gasteiger partial charge in [-0.3, -0.25) is 4.90 Å². The largest absolute Gasteiger partial charge is 0.465 e. The number of benzene rings is 2. The van der Waals surface area contributed by atoms with Gasteiger partial charge < -0.3 is 19.1 Å². The second-order valence-corrected chi connectivity index (χ2v) is 12.8. The quantitative estimate of drug-likeness (QED) is 0.439. The summed E-state index contributed by atoms with van der Waals surface area (Å²) in [5, 5.41) is 0. The average Bonchev–Trinajstić information content (AvgIpc) is 3.19. The number of ether oxygens (including phenoxy) is 3. The first-order chi connectivity index (χ1) is 19.3. The molecule has 8 atom stereocenters. The monoisotopic (exact) mass is 552 g/mol. The molecule has 1 spiro atoms. The Balaban J connectivity index is 0.989. The maximum Gasteiger partial charge on any atom is 0.205 e. The summed E-state index contributed by atoms with van der Waals surface area (Å²) in [6.07, 6.45) is 3.14. The Kier molecular flexibility index (Phi) is 6.83. The van der Waals surface area contributed by atoms with E-state index in [0.717, 1.165) is 63.4 Å². The molecular weight excluding hydrogens is 511 g/mol. The third kappa shape index (κ3) is 4.62. The molecule has 8 heteroatoms. The highest BCUT2D eigenvalue weighted by Crippen LogP contribution is 2.60. The van der Waals surface area contributed by atoms with Crippen molar-refractivity contribution in [3.05, 3.63) is 59.9 Å². The Morgan fingerprint density at radius 2 is 1.65 bits per heavy atom. The van der Waals surface area contributed by atoms with E-state index in [-0.39, 0.29) is 17.7 Å². The fraction of sp³-hybridized carbons (Fsp3) is 0.625. The van der Waals surface area contributed by atoms with E-state index in [0.29, 0.717) is 11.8 Å². The van der Waals surface area contributed by atoms with Crippen LogP contribution in [0.2, 0.25) is 0 Å². The van der Waals surface area contributed by atoms with Crippen molar-refractivity contribution in [3.63, 3.8) is 0 Å². The van der Waals surface area contributed by atoms with E-state index in [2.05, 4.69) is 47.9 Å². The predicted octanol–water partition coefficient (Wildman–Crippen LogP) is 5.73.